The Morgan fingerprint density at radius 2 is 2.00 bits per heavy atom. The molecule has 0 aliphatic heterocycles. The summed E-state index contributed by atoms with van der Waals surface area (Å²) in [4.78, 5) is 0. The van der Waals surface area contributed by atoms with Crippen molar-refractivity contribution >= 4 is 0 Å². The summed E-state index contributed by atoms with van der Waals surface area (Å²) in [7, 11) is 0. The van der Waals surface area contributed by atoms with E-state index in [2.05, 4.69) is 18.4 Å². The van der Waals surface area contributed by atoms with Gasteiger partial charge in [0.2, 0.25) is 0 Å². The van der Waals surface area contributed by atoms with E-state index in [1.165, 1.54) is 6.42 Å². The predicted molar refractivity (Wildman–Crippen MR) is 55.2 cm³/mol. The lowest BCUT2D eigenvalue weighted by atomic mass is 9.83. The topological polar surface area (TPSA) is 20.2 Å². The quantitative estimate of drug-likeness (QED) is 0.612. The van der Waals surface area contributed by atoms with Crippen LogP contribution >= 0.6 is 0 Å². The van der Waals surface area contributed by atoms with Crippen molar-refractivity contribution in [2.24, 2.45) is 0 Å². The van der Waals surface area contributed by atoms with Crippen LogP contribution in [0.3, 0.4) is 0 Å². The molecule has 13 heavy (non-hydrogen) atoms. The average molecular weight is 178 g/mol. The summed E-state index contributed by atoms with van der Waals surface area (Å²) in [5, 5.41) is 10.1. The third-order valence-electron chi connectivity index (χ3n) is 2.50. The Bertz CT molecular complexity index is 236. The smallest absolute Gasteiger partial charge is 0.0756 e. The van der Waals surface area contributed by atoms with Crippen molar-refractivity contribution in [1.82, 2.24) is 0 Å². The second kappa shape index (κ2) is 4.48. The second-order valence-corrected chi connectivity index (χ2v) is 4.04. The highest BCUT2D eigenvalue weighted by Crippen LogP contribution is 2.30. The zero-order valence-electron chi connectivity index (χ0n) is 8.40. The molecule has 1 rings (SSSR count). The first-order valence-electron chi connectivity index (χ1n) is 4.99. The molecule has 0 radical (unpaired) electrons. The van der Waals surface area contributed by atoms with Gasteiger partial charge in [0.15, 0.2) is 0 Å². The average Bonchev–Trinajstić information content (AvgIpc) is 2.04. The highest BCUT2D eigenvalue weighted by molar-refractivity contribution is 5.23. The molecule has 0 aromatic heterocycles. The fraction of sp³-hybridized carbons (Fsp3) is 0.667. The molecule has 0 saturated heterocycles. The van der Waals surface area contributed by atoms with E-state index in [-0.39, 0.29) is 0 Å². The fourth-order valence-electron chi connectivity index (χ4n) is 1.75. The summed E-state index contributed by atoms with van der Waals surface area (Å²) < 4.78 is 0. The Kier molecular flexibility index (Phi) is 3.57. The normalized spacial score (nSPS) is 20.2. The molecule has 1 N–H and O–H groups in total. The fourth-order valence-corrected chi connectivity index (χ4v) is 1.75. The van der Waals surface area contributed by atoms with E-state index < -0.39 is 5.60 Å². The van der Waals surface area contributed by atoms with Gasteiger partial charge in [-0.1, -0.05) is 37.7 Å². The molecule has 1 aliphatic rings. The van der Waals surface area contributed by atoms with Crippen LogP contribution in [0, 0.1) is 11.8 Å². The van der Waals surface area contributed by atoms with Crippen LogP contribution in [0.15, 0.2) is 12.2 Å². The first-order chi connectivity index (χ1) is 6.12. The van der Waals surface area contributed by atoms with Gasteiger partial charge in [-0.15, -0.1) is 0 Å². The van der Waals surface area contributed by atoms with Gasteiger partial charge < -0.3 is 5.11 Å². The molecule has 0 aromatic rings. The van der Waals surface area contributed by atoms with Crippen LogP contribution in [0.4, 0.5) is 0 Å². The van der Waals surface area contributed by atoms with Gasteiger partial charge in [-0.3, -0.25) is 0 Å². The third-order valence-corrected chi connectivity index (χ3v) is 2.50. The molecule has 0 heterocycles. The van der Waals surface area contributed by atoms with Crippen molar-refractivity contribution in [3.8, 4) is 11.8 Å². The summed E-state index contributed by atoms with van der Waals surface area (Å²) in [6.07, 6.45) is 5.99. The Labute approximate surface area is 80.9 Å². The number of aliphatic hydroxyl groups is 1. The van der Waals surface area contributed by atoms with Gasteiger partial charge in [0, 0.05) is 6.42 Å². The van der Waals surface area contributed by atoms with E-state index in [4.69, 9.17) is 0 Å². The molecular formula is C12H18O. The summed E-state index contributed by atoms with van der Waals surface area (Å²) in [6.45, 7) is 5.59. The molecule has 0 aromatic carbocycles. The summed E-state index contributed by atoms with van der Waals surface area (Å²) in [5.74, 6) is 5.91. The van der Waals surface area contributed by atoms with Crippen LogP contribution in [0.5, 0.6) is 0 Å². The molecule has 0 amide bonds. The van der Waals surface area contributed by atoms with Gasteiger partial charge in [-0.25, -0.2) is 0 Å². The van der Waals surface area contributed by atoms with Crippen LogP contribution < -0.4 is 0 Å². The summed E-state index contributed by atoms with van der Waals surface area (Å²) in [6, 6.07) is 0. The van der Waals surface area contributed by atoms with E-state index in [0.717, 1.165) is 31.3 Å². The number of rotatable bonds is 1. The van der Waals surface area contributed by atoms with E-state index in [1.807, 2.05) is 6.92 Å². The molecule has 0 unspecified atom stereocenters. The number of hydrogen-bond donors (Lipinski definition) is 1. The first kappa shape index (κ1) is 10.3. The second-order valence-electron chi connectivity index (χ2n) is 4.04. The standard InChI is InChI=1S/C12H18O/c1-11(2)7-6-10-12(13)8-4-3-5-9-12/h13H,1,3-5,8-10H2,2H3. The molecule has 1 fully saturated rings. The van der Waals surface area contributed by atoms with Gasteiger partial charge in [-0.2, -0.15) is 0 Å². The maximum Gasteiger partial charge on any atom is 0.0756 e. The van der Waals surface area contributed by atoms with Gasteiger partial charge >= 0.3 is 0 Å². The SMILES string of the molecule is C=C(C)C#CCC1(O)CCCCC1. The van der Waals surface area contributed by atoms with Gasteiger partial charge in [-0.05, 0) is 25.3 Å². The molecule has 0 spiro atoms. The van der Waals surface area contributed by atoms with Crippen LogP contribution in [0.25, 0.3) is 0 Å². The molecule has 1 heteroatoms. The molecule has 1 aliphatic carbocycles. The van der Waals surface area contributed by atoms with E-state index >= 15 is 0 Å². The Balaban J connectivity index is 2.43. The summed E-state index contributed by atoms with van der Waals surface area (Å²) >= 11 is 0. The minimum atomic E-state index is -0.499. The van der Waals surface area contributed by atoms with Crippen LogP contribution in [0.2, 0.25) is 0 Å². The third kappa shape index (κ3) is 3.65. The van der Waals surface area contributed by atoms with Crippen molar-refractivity contribution < 1.29 is 5.11 Å². The molecular weight excluding hydrogens is 160 g/mol. The van der Waals surface area contributed by atoms with Gasteiger partial charge in [0.25, 0.3) is 0 Å². The lowest BCUT2D eigenvalue weighted by Gasteiger charge is -2.30. The monoisotopic (exact) mass is 178 g/mol. The van der Waals surface area contributed by atoms with E-state index in [0.29, 0.717) is 6.42 Å². The largest absolute Gasteiger partial charge is 0.389 e. The molecule has 0 bridgehead atoms. The van der Waals surface area contributed by atoms with Gasteiger partial charge in [0.05, 0.1) is 5.60 Å². The highest BCUT2D eigenvalue weighted by Gasteiger charge is 2.27. The lowest BCUT2D eigenvalue weighted by Crippen LogP contribution is -2.30. The van der Waals surface area contributed by atoms with E-state index in [1.54, 1.807) is 0 Å². The summed E-state index contributed by atoms with van der Waals surface area (Å²) in [5.41, 5.74) is 0.375. The maximum absolute atomic E-state index is 10.1. The molecule has 72 valence electrons. The maximum atomic E-state index is 10.1. The highest BCUT2D eigenvalue weighted by atomic mass is 16.3. The number of hydrogen-bond acceptors (Lipinski definition) is 1. The molecule has 0 atom stereocenters. The molecule has 1 nitrogen and oxygen atoms in total. The Hall–Kier alpha value is -0.740. The van der Waals surface area contributed by atoms with Crippen molar-refractivity contribution in [1.29, 1.82) is 0 Å². The minimum Gasteiger partial charge on any atom is -0.389 e. The van der Waals surface area contributed by atoms with Crippen LogP contribution in [-0.4, -0.2) is 10.7 Å². The van der Waals surface area contributed by atoms with Crippen LogP contribution in [0.1, 0.15) is 45.4 Å². The number of allylic oxidation sites excluding steroid dienone is 1. The Morgan fingerprint density at radius 3 is 2.54 bits per heavy atom. The van der Waals surface area contributed by atoms with Gasteiger partial charge in [0.1, 0.15) is 0 Å². The predicted octanol–water partition coefficient (Wildman–Crippen LogP) is 2.65. The van der Waals surface area contributed by atoms with E-state index in [9.17, 15) is 5.11 Å². The Morgan fingerprint density at radius 1 is 1.38 bits per heavy atom. The van der Waals surface area contributed by atoms with Crippen molar-refractivity contribution in [3.63, 3.8) is 0 Å². The first-order valence-corrected chi connectivity index (χ1v) is 4.99. The van der Waals surface area contributed by atoms with Crippen molar-refractivity contribution in [2.45, 2.75) is 51.0 Å². The zero-order valence-corrected chi connectivity index (χ0v) is 8.40. The minimum absolute atomic E-state index is 0.499. The van der Waals surface area contributed by atoms with Crippen molar-refractivity contribution in [2.75, 3.05) is 0 Å². The zero-order chi connectivity index (χ0) is 9.73. The van der Waals surface area contributed by atoms with Crippen LogP contribution in [-0.2, 0) is 0 Å². The lowest BCUT2D eigenvalue weighted by molar-refractivity contribution is 0.00895. The van der Waals surface area contributed by atoms with Crippen molar-refractivity contribution in [3.05, 3.63) is 12.2 Å². The molecule has 1 saturated carbocycles.